The van der Waals surface area contributed by atoms with Crippen molar-refractivity contribution in [2.75, 3.05) is 13.7 Å². The summed E-state index contributed by atoms with van der Waals surface area (Å²) in [5.74, 6) is 0.126. The van der Waals surface area contributed by atoms with Crippen LogP contribution in [-0.2, 0) is 11.3 Å². The molecule has 0 radical (unpaired) electrons. The van der Waals surface area contributed by atoms with E-state index in [4.69, 9.17) is 16.3 Å². The maximum atomic E-state index is 13.0. The molecule has 5 heteroatoms. The standard InChI is InChI=1S/C12H13ClFNO2/c1-17-11-5-10(14)3-2-8(11)6-15-7-9(13)4-12(15)16/h2-3,5,9H,4,6-7H2,1H3. The number of hydrogen-bond donors (Lipinski definition) is 0. The van der Waals surface area contributed by atoms with E-state index < -0.39 is 0 Å². The number of benzene rings is 1. The van der Waals surface area contributed by atoms with Crippen molar-refractivity contribution in [2.24, 2.45) is 0 Å². The first-order valence-corrected chi connectivity index (χ1v) is 5.78. The number of nitrogens with zero attached hydrogens (tertiary/aromatic N) is 1. The van der Waals surface area contributed by atoms with Crippen molar-refractivity contribution in [3.63, 3.8) is 0 Å². The summed E-state index contributed by atoms with van der Waals surface area (Å²) in [6.45, 7) is 0.937. The summed E-state index contributed by atoms with van der Waals surface area (Å²) < 4.78 is 18.1. The minimum Gasteiger partial charge on any atom is -0.496 e. The maximum Gasteiger partial charge on any atom is 0.224 e. The third-order valence-corrected chi connectivity index (χ3v) is 3.07. The number of halogens is 2. The molecular formula is C12H13ClFNO2. The summed E-state index contributed by atoms with van der Waals surface area (Å²) in [5.41, 5.74) is 0.785. The first-order valence-electron chi connectivity index (χ1n) is 5.34. The lowest BCUT2D eigenvalue weighted by atomic mass is 10.2. The van der Waals surface area contributed by atoms with E-state index in [9.17, 15) is 9.18 Å². The second kappa shape index (κ2) is 4.92. The molecule has 0 aromatic heterocycles. The summed E-state index contributed by atoms with van der Waals surface area (Å²) in [5, 5.41) is -0.131. The van der Waals surface area contributed by atoms with Gasteiger partial charge in [-0.05, 0) is 6.07 Å². The van der Waals surface area contributed by atoms with Crippen LogP contribution in [0.3, 0.4) is 0 Å². The highest BCUT2D eigenvalue weighted by atomic mass is 35.5. The van der Waals surface area contributed by atoms with Gasteiger partial charge >= 0.3 is 0 Å². The summed E-state index contributed by atoms with van der Waals surface area (Å²) >= 11 is 5.91. The van der Waals surface area contributed by atoms with Crippen LogP contribution in [0.2, 0.25) is 0 Å². The van der Waals surface area contributed by atoms with Gasteiger partial charge in [-0.15, -0.1) is 11.6 Å². The molecule has 1 heterocycles. The van der Waals surface area contributed by atoms with Gasteiger partial charge in [0.2, 0.25) is 5.91 Å². The molecule has 17 heavy (non-hydrogen) atoms. The van der Waals surface area contributed by atoms with E-state index in [0.29, 0.717) is 25.3 Å². The zero-order chi connectivity index (χ0) is 12.4. The van der Waals surface area contributed by atoms with E-state index in [1.807, 2.05) is 0 Å². The highest BCUT2D eigenvalue weighted by Crippen LogP contribution is 2.24. The topological polar surface area (TPSA) is 29.5 Å². The van der Waals surface area contributed by atoms with Gasteiger partial charge in [0.15, 0.2) is 0 Å². The molecule has 0 spiro atoms. The first-order chi connectivity index (χ1) is 8.10. The largest absolute Gasteiger partial charge is 0.496 e. The highest BCUT2D eigenvalue weighted by molar-refractivity contribution is 6.22. The Hall–Kier alpha value is -1.29. The number of carbonyl (C=O) groups excluding carboxylic acids is 1. The lowest BCUT2D eigenvalue weighted by Crippen LogP contribution is -2.24. The van der Waals surface area contributed by atoms with E-state index in [0.717, 1.165) is 5.56 Å². The molecule has 0 N–H and O–H groups in total. The molecule has 2 rings (SSSR count). The number of methoxy groups -OCH3 is 1. The quantitative estimate of drug-likeness (QED) is 0.777. The monoisotopic (exact) mass is 257 g/mol. The summed E-state index contributed by atoms with van der Waals surface area (Å²) in [6, 6.07) is 4.30. The number of carbonyl (C=O) groups is 1. The second-order valence-electron chi connectivity index (χ2n) is 4.03. The fourth-order valence-corrected chi connectivity index (χ4v) is 2.23. The van der Waals surface area contributed by atoms with Gasteiger partial charge in [0.25, 0.3) is 0 Å². The molecule has 3 nitrogen and oxygen atoms in total. The van der Waals surface area contributed by atoms with Crippen LogP contribution in [-0.4, -0.2) is 29.8 Å². The zero-order valence-corrected chi connectivity index (χ0v) is 10.2. The molecule has 0 bridgehead atoms. The Morgan fingerprint density at radius 2 is 2.35 bits per heavy atom. The Morgan fingerprint density at radius 3 is 2.94 bits per heavy atom. The molecule has 0 aliphatic carbocycles. The fraction of sp³-hybridized carbons (Fsp3) is 0.417. The van der Waals surface area contributed by atoms with Gasteiger partial charge in [0.1, 0.15) is 11.6 Å². The van der Waals surface area contributed by atoms with Crippen LogP contribution in [0.5, 0.6) is 5.75 Å². The van der Waals surface area contributed by atoms with Gasteiger partial charge < -0.3 is 9.64 Å². The van der Waals surface area contributed by atoms with Gasteiger partial charge in [0.05, 0.1) is 12.5 Å². The zero-order valence-electron chi connectivity index (χ0n) is 9.45. The molecule has 1 aliphatic heterocycles. The molecule has 1 unspecified atom stereocenters. The Morgan fingerprint density at radius 1 is 1.59 bits per heavy atom. The van der Waals surface area contributed by atoms with Crippen LogP contribution in [0.15, 0.2) is 18.2 Å². The van der Waals surface area contributed by atoms with E-state index in [2.05, 4.69) is 0 Å². The predicted octanol–water partition coefficient (Wildman–Crippen LogP) is 2.17. The van der Waals surface area contributed by atoms with Crippen LogP contribution < -0.4 is 4.74 Å². The van der Waals surface area contributed by atoms with Crippen LogP contribution in [0.4, 0.5) is 4.39 Å². The number of rotatable bonds is 3. The number of alkyl halides is 1. The van der Waals surface area contributed by atoms with Gasteiger partial charge in [-0.2, -0.15) is 0 Å². The van der Waals surface area contributed by atoms with Gasteiger partial charge in [-0.1, -0.05) is 6.07 Å². The number of likely N-dealkylation sites (tertiary alicyclic amines) is 1. The Bertz CT molecular complexity index is 439. The minimum atomic E-state index is -0.353. The Balaban J connectivity index is 2.16. The van der Waals surface area contributed by atoms with E-state index in [1.165, 1.54) is 19.2 Å². The highest BCUT2D eigenvalue weighted by Gasteiger charge is 2.28. The smallest absolute Gasteiger partial charge is 0.224 e. The normalized spacial score (nSPS) is 19.8. The second-order valence-corrected chi connectivity index (χ2v) is 4.65. The summed E-state index contributed by atoms with van der Waals surface area (Å²) in [7, 11) is 1.48. The van der Waals surface area contributed by atoms with E-state index in [-0.39, 0.29) is 17.1 Å². The van der Waals surface area contributed by atoms with Crippen molar-refractivity contribution in [1.29, 1.82) is 0 Å². The van der Waals surface area contributed by atoms with Crippen molar-refractivity contribution < 1.29 is 13.9 Å². The number of amides is 1. The van der Waals surface area contributed by atoms with Gasteiger partial charge in [0, 0.05) is 31.1 Å². The molecule has 1 aliphatic rings. The maximum absolute atomic E-state index is 13.0. The third-order valence-electron chi connectivity index (χ3n) is 2.78. The van der Waals surface area contributed by atoms with Crippen LogP contribution in [0.25, 0.3) is 0 Å². The van der Waals surface area contributed by atoms with Crippen LogP contribution in [0, 0.1) is 5.82 Å². The number of ether oxygens (including phenoxy) is 1. The van der Waals surface area contributed by atoms with Crippen LogP contribution >= 0.6 is 11.6 Å². The summed E-state index contributed by atoms with van der Waals surface area (Å²) in [4.78, 5) is 13.2. The summed E-state index contributed by atoms with van der Waals surface area (Å²) in [6.07, 6.45) is 0.366. The minimum absolute atomic E-state index is 0.0244. The molecule has 1 amide bonds. The molecule has 1 saturated heterocycles. The SMILES string of the molecule is COc1cc(F)ccc1CN1CC(Cl)CC1=O. The van der Waals surface area contributed by atoms with Crippen molar-refractivity contribution in [3.8, 4) is 5.75 Å². The van der Waals surface area contributed by atoms with Crippen molar-refractivity contribution in [3.05, 3.63) is 29.6 Å². The molecule has 1 atom stereocenters. The average molecular weight is 258 g/mol. The molecule has 1 aromatic rings. The van der Waals surface area contributed by atoms with Gasteiger partial charge in [-0.25, -0.2) is 4.39 Å². The lowest BCUT2D eigenvalue weighted by Gasteiger charge is -2.17. The number of hydrogen-bond acceptors (Lipinski definition) is 2. The molecule has 1 fully saturated rings. The predicted molar refractivity (Wildman–Crippen MR) is 62.6 cm³/mol. The van der Waals surface area contributed by atoms with Gasteiger partial charge in [-0.3, -0.25) is 4.79 Å². The molecule has 1 aromatic carbocycles. The Labute approximate surface area is 104 Å². The average Bonchev–Trinajstić information content (AvgIpc) is 2.60. The fourth-order valence-electron chi connectivity index (χ4n) is 1.93. The molecule has 92 valence electrons. The first kappa shape index (κ1) is 12.2. The molecular weight excluding hydrogens is 245 g/mol. The van der Waals surface area contributed by atoms with Crippen LogP contribution in [0.1, 0.15) is 12.0 Å². The Kier molecular flexibility index (Phi) is 3.52. The van der Waals surface area contributed by atoms with Crippen molar-refractivity contribution in [1.82, 2.24) is 4.90 Å². The van der Waals surface area contributed by atoms with E-state index in [1.54, 1.807) is 11.0 Å². The molecule has 0 saturated carbocycles. The van der Waals surface area contributed by atoms with Crippen molar-refractivity contribution in [2.45, 2.75) is 18.3 Å². The van der Waals surface area contributed by atoms with E-state index >= 15 is 0 Å². The third kappa shape index (κ3) is 2.69. The lowest BCUT2D eigenvalue weighted by molar-refractivity contribution is -0.128. The van der Waals surface area contributed by atoms with Crippen molar-refractivity contribution >= 4 is 17.5 Å².